The van der Waals surface area contributed by atoms with E-state index in [4.69, 9.17) is 10.5 Å². The van der Waals surface area contributed by atoms with Crippen LogP contribution in [0.4, 0.5) is 11.5 Å². The van der Waals surface area contributed by atoms with Crippen molar-refractivity contribution in [2.75, 3.05) is 37.9 Å². The molecule has 1 aromatic carbocycles. The van der Waals surface area contributed by atoms with Gasteiger partial charge < -0.3 is 15.4 Å². The molecular formula is C23H35N5O4. The summed E-state index contributed by atoms with van der Waals surface area (Å²) < 4.78 is 6.59. The molecular weight excluding hydrogens is 410 g/mol. The highest BCUT2D eigenvalue weighted by atomic mass is 16.5. The van der Waals surface area contributed by atoms with Crippen molar-refractivity contribution in [2.24, 2.45) is 5.92 Å². The number of hydrogen-bond acceptors (Lipinski definition) is 6. The Morgan fingerprint density at radius 2 is 2.00 bits per heavy atom. The Balaban J connectivity index is 2.32. The monoisotopic (exact) mass is 445 g/mol. The Morgan fingerprint density at radius 3 is 2.62 bits per heavy atom. The number of aromatic nitrogens is 2. The van der Waals surface area contributed by atoms with Crippen molar-refractivity contribution in [3.63, 3.8) is 0 Å². The molecule has 9 heteroatoms. The predicted molar refractivity (Wildman–Crippen MR) is 127 cm³/mol. The van der Waals surface area contributed by atoms with Crippen molar-refractivity contribution >= 4 is 17.4 Å². The van der Waals surface area contributed by atoms with Gasteiger partial charge >= 0.3 is 5.69 Å². The molecule has 3 N–H and O–H groups in total. The fourth-order valence-corrected chi connectivity index (χ4v) is 3.52. The van der Waals surface area contributed by atoms with E-state index in [-0.39, 0.29) is 29.9 Å². The third kappa shape index (κ3) is 6.46. The van der Waals surface area contributed by atoms with Crippen LogP contribution in [0.5, 0.6) is 5.75 Å². The first-order valence-electron chi connectivity index (χ1n) is 10.9. The molecule has 0 fully saturated rings. The Bertz CT molecular complexity index is 1030. The summed E-state index contributed by atoms with van der Waals surface area (Å²) >= 11 is 0. The molecule has 0 saturated heterocycles. The SMILES string of the molecule is CCCCN(C(=O)CN(C)Cc1cccc(OC)c1)c1c(N)n(CC(C)C)c(=O)[nH]c1=O. The molecule has 0 unspecified atom stereocenters. The summed E-state index contributed by atoms with van der Waals surface area (Å²) in [6.45, 7) is 7.21. The fourth-order valence-electron chi connectivity index (χ4n) is 3.52. The Kier molecular flexibility index (Phi) is 9.07. The first-order valence-corrected chi connectivity index (χ1v) is 10.9. The minimum absolute atomic E-state index is 0.0207. The number of carbonyl (C=O) groups is 1. The predicted octanol–water partition coefficient (Wildman–Crippen LogP) is 2.05. The number of anilines is 2. The zero-order valence-electron chi connectivity index (χ0n) is 19.7. The second kappa shape index (κ2) is 11.5. The number of nitrogen functional groups attached to an aromatic ring is 1. The molecule has 0 aliphatic rings. The van der Waals surface area contributed by atoms with E-state index in [0.717, 1.165) is 17.7 Å². The molecule has 2 rings (SSSR count). The van der Waals surface area contributed by atoms with Gasteiger partial charge in [-0.25, -0.2) is 4.79 Å². The van der Waals surface area contributed by atoms with E-state index in [1.165, 1.54) is 9.47 Å². The van der Waals surface area contributed by atoms with Crippen molar-refractivity contribution in [1.29, 1.82) is 0 Å². The largest absolute Gasteiger partial charge is 0.497 e. The molecule has 32 heavy (non-hydrogen) atoms. The van der Waals surface area contributed by atoms with Crippen LogP contribution in [-0.2, 0) is 17.9 Å². The van der Waals surface area contributed by atoms with Gasteiger partial charge in [0, 0.05) is 19.6 Å². The summed E-state index contributed by atoms with van der Waals surface area (Å²) in [4.78, 5) is 43.8. The van der Waals surface area contributed by atoms with Gasteiger partial charge in [-0.05, 0) is 37.1 Å². The Labute approximate surface area is 188 Å². The molecule has 0 atom stereocenters. The van der Waals surface area contributed by atoms with E-state index < -0.39 is 11.2 Å². The summed E-state index contributed by atoms with van der Waals surface area (Å²) in [5.41, 5.74) is 6.08. The van der Waals surface area contributed by atoms with Gasteiger partial charge in [-0.2, -0.15) is 0 Å². The number of methoxy groups -OCH3 is 1. The molecule has 2 aromatic rings. The number of nitrogens with zero attached hydrogens (tertiary/aromatic N) is 3. The number of aromatic amines is 1. The maximum Gasteiger partial charge on any atom is 0.330 e. The minimum atomic E-state index is -0.646. The second-order valence-electron chi connectivity index (χ2n) is 8.42. The van der Waals surface area contributed by atoms with Gasteiger partial charge in [0.25, 0.3) is 5.56 Å². The van der Waals surface area contributed by atoms with Gasteiger partial charge in [-0.1, -0.05) is 39.3 Å². The van der Waals surface area contributed by atoms with Crippen LogP contribution >= 0.6 is 0 Å². The van der Waals surface area contributed by atoms with Crippen LogP contribution in [0.1, 0.15) is 39.2 Å². The number of unbranched alkanes of at least 4 members (excludes halogenated alkanes) is 1. The third-order valence-corrected chi connectivity index (χ3v) is 5.06. The highest BCUT2D eigenvalue weighted by molar-refractivity contribution is 5.96. The number of benzene rings is 1. The number of H-pyrrole nitrogens is 1. The van der Waals surface area contributed by atoms with E-state index in [0.29, 0.717) is 26.1 Å². The molecule has 0 saturated carbocycles. The third-order valence-electron chi connectivity index (χ3n) is 5.06. The molecule has 1 aromatic heterocycles. The summed E-state index contributed by atoms with van der Waals surface area (Å²) in [5.74, 6) is 0.657. The lowest BCUT2D eigenvalue weighted by atomic mass is 10.2. The van der Waals surface area contributed by atoms with Crippen LogP contribution in [0.25, 0.3) is 0 Å². The van der Waals surface area contributed by atoms with Crippen molar-refractivity contribution in [1.82, 2.24) is 14.5 Å². The van der Waals surface area contributed by atoms with Gasteiger partial charge in [-0.3, -0.25) is 24.0 Å². The smallest absolute Gasteiger partial charge is 0.330 e. The Morgan fingerprint density at radius 1 is 1.28 bits per heavy atom. The quantitative estimate of drug-likeness (QED) is 0.547. The summed E-state index contributed by atoms with van der Waals surface area (Å²) in [7, 11) is 3.45. The van der Waals surface area contributed by atoms with E-state index in [1.807, 2.05) is 57.0 Å². The summed E-state index contributed by atoms with van der Waals surface area (Å²) in [5, 5.41) is 0. The number of carbonyl (C=O) groups excluding carboxylic acids is 1. The average Bonchev–Trinajstić information content (AvgIpc) is 2.73. The zero-order chi connectivity index (χ0) is 23.8. The number of hydrogen-bond donors (Lipinski definition) is 2. The number of amides is 1. The van der Waals surface area contributed by atoms with Gasteiger partial charge in [0.05, 0.1) is 13.7 Å². The normalized spacial score (nSPS) is 11.2. The van der Waals surface area contributed by atoms with Crippen molar-refractivity contribution in [3.8, 4) is 5.75 Å². The topological polar surface area (TPSA) is 114 Å². The highest BCUT2D eigenvalue weighted by Gasteiger charge is 2.25. The first kappa shape index (κ1) is 25.2. The molecule has 176 valence electrons. The zero-order valence-corrected chi connectivity index (χ0v) is 19.7. The molecule has 0 radical (unpaired) electrons. The fraction of sp³-hybridized carbons (Fsp3) is 0.522. The van der Waals surface area contributed by atoms with Crippen molar-refractivity contribution in [3.05, 3.63) is 50.7 Å². The molecule has 9 nitrogen and oxygen atoms in total. The van der Waals surface area contributed by atoms with Crippen LogP contribution in [0.15, 0.2) is 33.9 Å². The van der Waals surface area contributed by atoms with E-state index in [1.54, 1.807) is 7.11 Å². The molecule has 0 aliphatic heterocycles. The molecule has 0 bridgehead atoms. The van der Waals surface area contributed by atoms with Gasteiger partial charge in [0.2, 0.25) is 5.91 Å². The van der Waals surface area contributed by atoms with Crippen LogP contribution in [0, 0.1) is 5.92 Å². The van der Waals surface area contributed by atoms with Crippen LogP contribution in [0.3, 0.4) is 0 Å². The maximum absolute atomic E-state index is 13.3. The average molecular weight is 446 g/mol. The lowest BCUT2D eigenvalue weighted by molar-refractivity contribution is -0.119. The van der Waals surface area contributed by atoms with Crippen molar-refractivity contribution < 1.29 is 9.53 Å². The van der Waals surface area contributed by atoms with Crippen molar-refractivity contribution in [2.45, 2.75) is 46.7 Å². The molecule has 1 heterocycles. The van der Waals surface area contributed by atoms with Gasteiger partial charge in [0.1, 0.15) is 11.6 Å². The molecule has 0 spiro atoms. The summed E-state index contributed by atoms with van der Waals surface area (Å²) in [6, 6.07) is 7.64. The lowest BCUT2D eigenvalue weighted by Gasteiger charge is -2.27. The maximum atomic E-state index is 13.3. The number of likely N-dealkylation sites (N-methyl/N-ethyl adjacent to an activating group) is 1. The Hall–Kier alpha value is -3.07. The molecule has 0 aliphatic carbocycles. The van der Waals surface area contributed by atoms with E-state index >= 15 is 0 Å². The first-order chi connectivity index (χ1) is 15.2. The van der Waals surface area contributed by atoms with Crippen LogP contribution < -0.4 is 26.6 Å². The summed E-state index contributed by atoms with van der Waals surface area (Å²) in [6.07, 6.45) is 1.54. The minimum Gasteiger partial charge on any atom is -0.497 e. The number of nitrogens with one attached hydrogen (secondary N) is 1. The molecule has 1 amide bonds. The second-order valence-corrected chi connectivity index (χ2v) is 8.42. The number of rotatable bonds is 11. The lowest BCUT2D eigenvalue weighted by Crippen LogP contribution is -2.45. The van der Waals surface area contributed by atoms with Gasteiger partial charge in [0.15, 0.2) is 5.69 Å². The highest BCUT2D eigenvalue weighted by Crippen LogP contribution is 2.19. The van der Waals surface area contributed by atoms with Gasteiger partial charge in [-0.15, -0.1) is 0 Å². The van der Waals surface area contributed by atoms with Crippen LogP contribution in [0.2, 0.25) is 0 Å². The standard InChI is InChI=1S/C23H35N5O4/c1-6-7-11-27(20-21(24)28(13-16(2)3)23(31)25-22(20)30)19(29)15-26(4)14-17-9-8-10-18(12-17)32-5/h8-10,12,16H,6-7,11,13-15,24H2,1-5H3,(H,25,30,31). The number of ether oxygens (including phenoxy) is 1. The van der Waals surface area contributed by atoms with Crippen LogP contribution in [-0.4, -0.2) is 47.6 Å². The van der Waals surface area contributed by atoms with E-state index in [2.05, 4.69) is 4.98 Å². The number of nitrogens with two attached hydrogens (primary N) is 1. The van der Waals surface area contributed by atoms with E-state index in [9.17, 15) is 14.4 Å².